The van der Waals surface area contributed by atoms with Crippen molar-refractivity contribution in [2.45, 2.75) is 13.8 Å². The number of aromatic nitrogens is 1. The fourth-order valence-electron chi connectivity index (χ4n) is 0.561. The Morgan fingerprint density at radius 1 is 1.50 bits per heavy atom. The summed E-state index contributed by atoms with van der Waals surface area (Å²) in [6, 6.07) is 0. The Kier molecular flexibility index (Phi) is 1.08. The molecule has 0 aromatic carbocycles. The van der Waals surface area contributed by atoms with Gasteiger partial charge in [-0.15, -0.1) is 0 Å². The molecule has 44 valence electrons. The average Bonchev–Trinajstić information content (AvgIpc) is 1.98. The summed E-state index contributed by atoms with van der Waals surface area (Å²) < 4.78 is 12.3. The maximum Gasteiger partial charge on any atom is 0.194 e. The number of hydrogen-bond acceptors (Lipinski definition) is 0. The second-order valence-electron chi connectivity index (χ2n) is 1.91. The van der Waals surface area contributed by atoms with E-state index in [0.29, 0.717) is 5.56 Å². The molecular formula is C6H8FN. The van der Waals surface area contributed by atoms with Crippen LogP contribution in [-0.2, 0) is 0 Å². The fraction of sp³-hybridized carbons (Fsp3) is 0.333. The van der Waals surface area contributed by atoms with E-state index in [1.54, 1.807) is 13.1 Å². The number of halogens is 1. The van der Waals surface area contributed by atoms with E-state index in [1.807, 2.05) is 6.92 Å². The quantitative estimate of drug-likeness (QED) is 0.527. The molecule has 1 rings (SSSR count). The highest BCUT2D eigenvalue weighted by atomic mass is 19.1. The Labute approximate surface area is 47.5 Å². The van der Waals surface area contributed by atoms with E-state index in [4.69, 9.17) is 0 Å². The van der Waals surface area contributed by atoms with E-state index < -0.39 is 0 Å². The lowest BCUT2D eigenvalue weighted by molar-refractivity contribution is 0.583. The SMILES string of the molecule is Cc1c[nH]c(F)c1C. The highest BCUT2D eigenvalue weighted by Crippen LogP contribution is 2.07. The van der Waals surface area contributed by atoms with Crippen LogP contribution in [0.25, 0.3) is 0 Å². The maximum absolute atomic E-state index is 12.3. The first kappa shape index (κ1) is 5.35. The highest BCUT2D eigenvalue weighted by molar-refractivity contribution is 5.20. The van der Waals surface area contributed by atoms with Crippen molar-refractivity contribution in [1.82, 2.24) is 4.98 Å². The van der Waals surface area contributed by atoms with E-state index in [-0.39, 0.29) is 5.95 Å². The van der Waals surface area contributed by atoms with Gasteiger partial charge in [0, 0.05) is 11.8 Å². The zero-order chi connectivity index (χ0) is 6.15. The molecule has 1 aromatic rings. The smallest absolute Gasteiger partial charge is 0.194 e. The minimum atomic E-state index is -0.220. The predicted octanol–water partition coefficient (Wildman–Crippen LogP) is 1.77. The summed E-state index contributed by atoms with van der Waals surface area (Å²) in [4.78, 5) is 2.47. The van der Waals surface area contributed by atoms with Crippen molar-refractivity contribution in [1.29, 1.82) is 0 Å². The molecule has 0 bridgehead atoms. The topological polar surface area (TPSA) is 15.8 Å². The van der Waals surface area contributed by atoms with Gasteiger partial charge in [-0.25, -0.2) is 0 Å². The summed E-state index contributed by atoms with van der Waals surface area (Å²) in [5, 5.41) is 0. The first-order valence-corrected chi connectivity index (χ1v) is 2.52. The van der Waals surface area contributed by atoms with E-state index in [0.717, 1.165) is 5.56 Å². The molecule has 8 heavy (non-hydrogen) atoms. The van der Waals surface area contributed by atoms with Crippen LogP contribution < -0.4 is 0 Å². The predicted molar refractivity (Wildman–Crippen MR) is 30.2 cm³/mol. The van der Waals surface area contributed by atoms with Crippen LogP contribution in [0.5, 0.6) is 0 Å². The normalized spacial score (nSPS) is 9.88. The Morgan fingerprint density at radius 3 is 2.25 bits per heavy atom. The van der Waals surface area contributed by atoms with Crippen LogP contribution in [0, 0.1) is 19.8 Å². The van der Waals surface area contributed by atoms with Gasteiger partial charge in [-0.05, 0) is 19.4 Å². The molecule has 1 aromatic heterocycles. The molecular weight excluding hydrogens is 105 g/mol. The van der Waals surface area contributed by atoms with Gasteiger partial charge in [-0.3, -0.25) is 0 Å². The second kappa shape index (κ2) is 1.62. The summed E-state index contributed by atoms with van der Waals surface area (Å²) in [5.41, 5.74) is 1.69. The number of aryl methyl sites for hydroxylation is 1. The number of aromatic amines is 1. The molecule has 0 saturated heterocycles. The molecule has 0 amide bonds. The number of nitrogens with one attached hydrogen (secondary N) is 1. The molecule has 1 heterocycles. The van der Waals surface area contributed by atoms with Crippen molar-refractivity contribution >= 4 is 0 Å². The average molecular weight is 113 g/mol. The monoisotopic (exact) mass is 113 g/mol. The van der Waals surface area contributed by atoms with Crippen molar-refractivity contribution in [3.8, 4) is 0 Å². The summed E-state index contributed by atoms with van der Waals surface area (Å²) in [6.07, 6.45) is 1.66. The summed E-state index contributed by atoms with van der Waals surface area (Å²) in [6.45, 7) is 3.62. The summed E-state index contributed by atoms with van der Waals surface area (Å²) in [5.74, 6) is -0.220. The van der Waals surface area contributed by atoms with Gasteiger partial charge in [0.25, 0.3) is 0 Å². The van der Waals surface area contributed by atoms with Crippen LogP contribution in [0.1, 0.15) is 11.1 Å². The molecule has 1 nitrogen and oxygen atoms in total. The van der Waals surface area contributed by atoms with Gasteiger partial charge in [0.15, 0.2) is 5.95 Å². The van der Waals surface area contributed by atoms with Crippen molar-refractivity contribution in [2.75, 3.05) is 0 Å². The lowest BCUT2D eigenvalue weighted by atomic mass is 10.2. The van der Waals surface area contributed by atoms with E-state index in [1.165, 1.54) is 0 Å². The Hall–Kier alpha value is -0.790. The van der Waals surface area contributed by atoms with Crippen LogP contribution in [-0.4, -0.2) is 4.98 Å². The molecule has 0 aliphatic carbocycles. The third-order valence-corrected chi connectivity index (χ3v) is 1.34. The van der Waals surface area contributed by atoms with Gasteiger partial charge in [-0.2, -0.15) is 4.39 Å². The number of H-pyrrole nitrogens is 1. The molecule has 0 atom stereocenters. The fourth-order valence-corrected chi connectivity index (χ4v) is 0.561. The summed E-state index contributed by atoms with van der Waals surface area (Å²) in [7, 11) is 0. The van der Waals surface area contributed by atoms with Crippen molar-refractivity contribution < 1.29 is 4.39 Å². The Bertz CT molecular complexity index is 171. The van der Waals surface area contributed by atoms with Crippen LogP contribution in [0.4, 0.5) is 4.39 Å². The minimum Gasteiger partial charge on any atom is -0.338 e. The van der Waals surface area contributed by atoms with Gasteiger partial charge < -0.3 is 4.98 Å². The molecule has 1 N–H and O–H groups in total. The molecule has 0 aliphatic heterocycles. The number of hydrogen-bond donors (Lipinski definition) is 1. The van der Waals surface area contributed by atoms with Gasteiger partial charge >= 0.3 is 0 Å². The number of rotatable bonds is 0. The molecule has 0 spiro atoms. The summed E-state index contributed by atoms with van der Waals surface area (Å²) >= 11 is 0. The van der Waals surface area contributed by atoms with E-state index >= 15 is 0 Å². The van der Waals surface area contributed by atoms with E-state index in [9.17, 15) is 4.39 Å². The largest absolute Gasteiger partial charge is 0.338 e. The first-order valence-electron chi connectivity index (χ1n) is 2.52. The van der Waals surface area contributed by atoms with Gasteiger partial charge in [0.1, 0.15) is 0 Å². The van der Waals surface area contributed by atoms with Crippen LogP contribution >= 0.6 is 0 Å². The van der Waals surface area contributed by atoms with Crippen molar-refractivity contribution in [3.05, 3.63) is 23.3 Å². The third kappa shape index (κ3) is 0.619. The third-order valence-electron chi connectivity index (χ3n) is 1.34. The lowest BCUT2D eigenvalue weighted by Gasteiger charge is -1.82. The van der Waals surface area contributed by atoms with Crippen LogP contribution in [0.3, 0.4) is 0 Å². The molecule has 0 aliphatic rings. The molecule has 0 radical (unpaired) electrons. The minimum absolute atomic E-state index is 0.220. The Balaban J connectivity index is 3.19. The van der Waals surface area contributed by atoms with Gasteiger partial charge in [0.05, 0.1) is 0 Å². The molecule has 0 saturated carbocycles. The zero-order valence-corrected chi connectivity index (χ0v) is 4.96. The van der Waals surface area contributed by atoms with Crippen LogP contribution in [0.2, 0.25) is 0 Å². The van der Waals surface area contributed by atoms with Crippen LogP contribution in [0.15, 0.2) is 6.20 Å². The molecule has 2 heteroatoms. The van der Waals surface area contributed by atoms with Crippen molar-refractivity contribution in [3.63, 3.8) is 0 Å². The van der Waals surface area contributed by atoms with E-state index in [2.05, 4.69) is 4.98 Å². The first-order chi connectivity index (χ1) is 3.72. The molecule has 0 fully saturated rings. The second-order valence-corrected chi connectivity index (χ2v) is 1.91. The Morgan fingerprint density at radius 2 is 2.12 bits per heavy atom. The zero-order valence-electron chi connectivity index (χ0n) is 4.96. The maximum atomic E-state index is 12.3. The lowest BCUT2D eigenvalue weighted by Crippen LogP contribution is -1.74. The van der Waals surface area contributed by atoms with Gasteiger partial charge in [-0.1, -0.05) is 0 Å². The van der Waals surface area contributed by atoms with Gasteiger partial charge in [0.2, 0.25) is 0 Å². The highest BCUT2D eigenvalue weighted by Gasteiger charge is 1.98. The molecule has 0 unspecified atom stereocenters. The standard InChI is InChI=1S/C6H8FN/c1-4-3-8-6(7)5(4)2/h3,8H,1-2H3. The van der Waals surface area contributed by atoms with Crippen molar-refractivity contribution in [2.24, 2.45) is 0 Å².